The molecule has 1 rings (SSSR count). The van der Waals surface area contributed by atoms with Crippen LogP contribution >= 0.6 is 0 Å². The van der Waals surface area contributed by atoms with E-state index in [4.69, 9.17) is 4.55 Å². The lowest BCUT2D eigenvalue weighted by Gasteiger charge is -2.25. The molecule has 0 spiro atoms. The smallest absolute Gasteiger partial charge is 0.269 e. The molecular formula is C11H11F6NO3S. The molecule has 1 aromatic rings. The minimum atomic E-state index is -5.49. The van der Waals surface area contributed by atoms with Gasteiger partial charge in [-0.15, -0.1) is 0 Å². The van der Waals surface area contributed by atoms with Crippen molar-refractivity contribution >= 4 is 16.0 Å². The van der Waals surface area contributed by atoms with Crippen LogP contribution in [0, 0.1) is 20.8 Å². The first-order valence-electron chi connectivity index (χ1n) is 5.60. The maximum absolute atomic E-state index is 13.1. The van der Waals surface area contributed by atoms with Gasteiger partial charge in [-0.1, -0.05) is 0 Å². The van der Waals surface area contributed by atoms with Crippen LogP contribution in [0.25, 0.3) is 0 Å². The second-order valence-electron chi connectivity index (χ2n) is 4.57. The van der Waals surface area contributed by atoms with Crippen LogP contribution in [-0.2, 0) is 22.7 Å². The lowest BCUT2D eigenvalue weighted by atomic mass is 9.91. The van der Waals surface area contributed by atoms with Gasteiger partial charge < -0.3 is 0 Å². The zero-order chi connectivity index (χ0) is 17.7. The number of hydrogen-bond acceptors (Lipinski definition) is 2. The van der Waals surface area contributed by atoms with E-state index in [0.29, 0.717) is 0 Å². The van der Waals surface area contributed by atoms with E-state index in [1.165, 1.54) is 0 Å². The van der Waals surface area contributed by atoms with Gasteiger partial charge in [0.15, 0.2) is 0 Å². The van der Waals surface area contributed by atoms with Gasteiger partial charge in [-0.25, -0.2) is 0 Å². The first-order chi connectivity index (χ1) is 9.57. The average molecular weight is 351 g/mol. The van der Waals surface area contributed by atoms with Gasteiger partial charge in [0.1, 0.15) is 0 Å². The SMILES string of the molecule is Cc1c(C)c(NS(=O)(=O)O)c(C(F)(F)F)c(C(F)(F)F)c1C. The van der Waals surface area contributed by atoms with E-state index in [-0.39, 0.29) is 11.1 Å². The maximum atomic E-state index is 13.1. The molecule has 2 N–H and O–H groups in total. The molecule has 0 saturated heterocycles. The van der Waals surface area contributed by atoms with Gasteiger partial charge in [0, 0.05) is 0 Å². The largest absolute Gasteiger partial charge is 0.419 e. The Morgan fingerprint density at radius 2 is 1.23 bits per heavy atom. The molecule has 0 bridgehead atoms. The molecule has 0 aliphatic carbocycles. The number of nitrogens with one attached hydrogen (secondary N) is 1. The van der Waals surface area contributed by atoms with E-state index >= 15 is 0 Å². The van der Waals surface area contributed by atoms with Crippen molar-refractivity contribution in [3.63, 3.8) is 0 Å². The second kappa shape index (κ2) is 5.30. The Balaban J connectivity index is 4.03. The summed E-state index contributed by atoms with van der Waals surface area (Å²) in [5, 5.41) is 0. The third kappa shape index (κ3) is 3.64. The molecule has 0 amide bonds. The maximum Gasteiger partial charge on any atom is 0.419 e. The van der Waals surface area contributed by atoms with Crippen molar-refractivity contribution in [3.05, 3.63) is 27.8 Å². The van der Waals surface area contributed by atoms with Gasteiger partial charge in [-0.2, -0.15) is 34.8 Å². The molecule has 0 atom stereocenters. The number of rotatable bonds is 2. The molecule has 4 nitrogen and oxygen atoms in total. The first kappa shape index (κ1) is 18.6. The molecule has 0 aliphatic heterocycles. The van der Waals surface area contributed by atoms with E-state index in [9.17, 15) is 34.8 Å². The van der Waals surface area contributed by atoms with E-state index in [1.807, 2.05) is 0 Å². The van der Waals surface area contributed by atoms with Crippen molar-refractivity contribution in [1.82, 2.24) is 0 Å². The highest BCUT2D eigenvalue weighted by molar-refractivity contribution is 7.87. The fourth-order valence-electron chi connectivity index (χ4n) is 2.05. The Labute approximate surface area is 122 Å². The molecular weight excluding hydrogens is 340 g/mol. The molecule has 0 saturated carbocycles. The molecule has 22 heavy (non-hydrogen) atoms. The van der Waals surface area contributed by atoms with Crippen LogP contribution < -0.4 is 4.72 Å². The highest BCUT2D eigenvalue weighted by Gasteiger charge is 2.47. The predicted molar refractivity (Wildman–Crippen MR) is 65.8 cm³/mol. The van der Waals surface area contributed by atoms with Crippen LogP contribution in [0.3, 0.4) is 0 Å². The summed E-state index contributed by atoms with van der Waals surface area (Å²) in [6, 6.07) is 0. The summed E-state index contributed by atoms with van der Waals surface area (Å²) >= 11 is 0. The third-order valence-electron chi connectivity index (χ3n) is 3.17. The van der Waals surface area contributed by atoms with Crippen LogP contribution in [0.4, 0.5) is 32.0 Å². The van der Waals surface area contributed by atoms with E-state index in [1.54, 1.807) is 0 Å². The molecule has 126 valence electrons. The number of halogens is 6. The Morgan fingerprint density at radius 3 is 1.55 bits per heavy atom. The van der Waals surface area contributed by atoms with Gasteiger partial charge in [0.25, 0.3) is 0 Å². The summed E-state index contributed by atoms with van der Waals surface area (Å²) < 4.78 is 110. The van der Waals surface area contributed by atoms with Crippen LogP contribution in [0.15, 0.2) is 0 Å². The quantitative estimate of drug-likeness (QED) is 0.628. The highest BCUT2D eigenvalue weighted by atomic mass is 32.2. The third-order valence-corrected chi connectivity index (χ3v) is 3.64. The van der Waals surface area contributed by atoms with Crippen LogP contribution in [0.1, 0.15) is 27.8 Å². The van der Waals surface area contributed by atoms with Gasteiger partial charge in [0.2, 0.25) is 0 Å². The van der Waals surface area contributed by atoms with Gasteiger partial charge in [-0.3, -0.25) is 9.27 Å². The van der Waals surface area contributed by atoms with E-state index in [0.717, 1.165) is 25.5 Å². The monoisotopic (exact) mass is 351 g/mol. The second-order valence-corrected chi connectivity index (χ2v) is 5.73. The van der Waals surface area contributed by atoms with E-state index in [2.05, 4.69) is 0 Å². The Bertz CT molecular complexity index is 706. The number of benzene rings is 1. The minimum absolute atomic E-state index is 0.175. The van der Waals surface area contributed by atoms with Crippen LogP contribution in [-0.4, -0.2) is 13.0 Å². The molecule has 11 heteroatoms. The Kier molecular flexibility index (Phi) is 4.47. The van der Waals surface area contributed by atoms with Crippen LogP contribution in [0.2, 0.25) is 0 Å². The van der Waals surface area contributed by atoms with Crippen molar-refractivity contribution in [2.24, 2.45) is 0 Å². The number of alkyl halides is 6. The van der Waals surface area contributed by atoms with Crippen molar-refractivity contribution in [1.29, 1.82) is 0 Å². The summed E-state index contributed by atoms with van der Waals surface area (Å²) in [6.07, 6.45) is -10.8. The normalized spacial score (nSPS) is 13.4. The van der Waals surface area contributed by atoms with E-state index < -0.39 is 45.0 Å². The van der Waals surface area contributed by atoms with Crippen molar-refractivity contribution in [2.45, 2.75) is 33.1 Å². The van der Waals surface area contributed by atoms with Crippen molar-refractivity contribution in [3.8, 4) is 0 Å². The minimum Gasteiger partial charge on any atom is -0.269 e. The summed E-state index contributed by atoms with van der Waals surface area (Å²) in [4.78, 5) is 0. The predicted octanol–water partition coefficient (Wildman–Crippen LogP) is 3.86. The summed E-state index contributed by atoms with van der Waals surface area (Å²) in [7, 11) is -5.19. The number of anilines is 1. The lowest BCUT2D eigenvalue weighted by Crippen LogP contribution is -2.24. The number of hydrogen-bond donors (Lipinski definition) is 2. The molecule has 1 aromatic carbocycles. The molecule has 0 aliphatic rings. The fourth-order valence-corrected chi connectivity index (χ4v) is 2.56. The summed E-state index contributed by atoms with van der Waals surface area (Å²) in [5.41, 5.74) is -6.72. The van der Waals surface area contributed by atoms with Crippen molar-refractivity contribution < 1.29 is 39.3 Å². The molecule has 0 unspecified atom stereocenters. The molecule has 0 fully saturated rings. The zero-order valence-electron chi connectivity index (χ0n) is 11.4. The van der Waals surface area contributed by atoms with Gasteiger partial charge in [0.05, 0.1) is 16.8 Å². The Hall–Kier alpha value is -1.49. The summed E-state index contributed by atoms with van der Waals surface area (Å²) in [6.45, 7) is 3.00. The lowest BCUT2D eigenvalue weighted by molar-refractivity contribution is -0.162. The molecule has 0 radical (unpaired) electrons. The van der Waals surface area contributed by atoms with Gasteiger partial charge >= 0.3 is 22.7 Å². The first-order valence-corrected chi connectivity index (χ1v) is 7.04. The standard InChI is InChI=1S/C11H11F6NO3S/c1-4-5(2)7(10(12,13)14)8(11(15,16)17)9(6(4)3)18-22(19,20)21/h18H,1-3H3,(H,19,20,21). The highest BCUT2D eigenvalue weighted by Crippen LogP contribution is 2.48. The van der Waals surface area contributed by atoms with Gasteiger partial charge in [-0.05, 0) is 37.5 Å². The Morgan fingerprint density at radius 1 is 0.818 bits per heavy atom. The average Bonchev–Trinajstić information content (AvgIpc) is 2.24. The zero-order valence-corrected chi connectivity index (χ0v) is 12.3. The molecule has 0 aromatic heterocycles. The summed E-state index contributed by atoms with van der Waals surface area (Å²) in [5.74, 6) is 0. The van der Waals surface area contributed by atoms with Crippen LogP contribution in [0.5, 0.6) is 0 Å². The molecule has 0 heterocycles. The fraction of sp³-hybridized carbons (Fsp3) is 0.455. The van der Waals surface area contributed by atoms with Crippen molar-refractivity contribution in [2.75, 3.05) is 4.72 Å². The topological polar surface area (TPSA) is 66.4 Å².